The first kappa shape index (κ1) is 14.1. The molecule has 1 aromatic rings. The first-order chi connectivity index (χ1) is 9.13. The van der Waals surface area contributed by atoms with Crippen LogP contribution in [0.3, 0.4) is 0 Å². The minimum absolute atomic E-state index is 0.0980. The lowest BCUT2D eigenvalue weighted by Gasteiger charge is -2.40. The Labute approximate surface area is 115 Å². The molecule has 104 valence electrons. The van der Waals surface area contributed by atoms with E-state index in [9.17, 15) is 4.79 Å². The van der Waals surface area contributed by atoms with Crippen LogP contribution in [0.1, 0.15) is 38.2 Å². The second kappa shape index (κ2) is 6.20. The maximum absolute atomic E-state index is 11.5. The van der Waals surface area contributed by atoms with E-state index in [1.165, 1.54) is 5.56 Å². The maximum atomic E-state index is 11.5. The zero-order valence-corrected chi connectivity index (χ0v) is 11.9. The third-order valence-corrected chi connectivity index (χ3v) is 4.32. The van der Waals surface area contributed by atoms with E-state index in [-0.39, 0.29) is 11.9 Å². The summed E-state index contributed by atoms with van der Waals surface area (Å²) in [5.41, 5.74) is 6.91. The summed E-state index contributed by atoms with van der Waals surface area (Å²) in [6.07, 6.45) is 1.91. The van der Waals surface area contributed by atoms with Gasteiger partial charge in [-0.05, 0) is 36.8 Å². The van der Waals surface area contributed by atoms with Gasteiger partial charge in [0, 0.05) is 6.54 Å². The molecule has 1 aliphatic heterocycles. The summed E-state index contributed by atoms with van der Waals surface area (Å²) in [5.74, 6) is 0.972. The molecule has 1 saturated heterocycles. The molecule has 1 fully saturated rings. The summed E-state index contributed by atoms with van der Waals surface area (Å²) >= 11 is 0. The van der Waals surface area contributed by atoms with Crippen LogP contribution in [0.15, 0.2) is 30.3 Å². The second-order valence-electron chi connectivity index (χ2n) is 5.60. The van der Waals surface area contributed by atoms with Crippen LogP contribution in [0.2, 0.25) is 0 Å². The molecule has 0 aromatic heterocycles. The van der Waals surface area contributed by atoms with Gasteiger partial charge in [0.1, 0.15) is 0 Å². The van der Waals surface area contributed by atoms with E-state index in [0.717, 1.165) is 25.9 Å². The van der Waals surface area contributed by atoms with Crippen LogP contribution in [-0.4, -0.2) is 29.9 Å². The highest BCUT2D eigenvalue weighted by atomic mass is 16.1. The summed E-state index contributed by atoms with van der Waals surface area (Å²) in [6.45, 7) is 6.23. The van der Waals surface area contributed by atoms with Crippen molar-refractivity contribution in [3.63, 3.8) is 0 Å². The average Bonchev–Trinajstić information content (AvgIpc) is 2.40. The van der Waals surface area contributed by atoms with Crippen molar-refractivity contribution in [2.75, 3.05) is 13.1 Å². The highest BCUT2D eigenvalue weighted by Crippen LogP contribution is 2.33. The van der Waals surface area contributed by atoms with Crippen molar-refractivity contribution in [1.82, 2.24) is 4.90 Å². The van der Waals surface area contributed by atoms with Crippen LogP contribution in [-0.2, 0) is 4.79 Å². The predicted molar refractivity (Wildman–Crippen MR) is 77.8 cm³/mol. The number of amides is 1. The van der Waals surface area contributed by atoms with Gasteiger partial charge in [-0.15, -0.1) is 0 Å². The minimum Gasteiger partial charge on any atom is -0.368 e. The lowest BCUT2D eigenvalue weighted by Crippen LogP contribution is -2.49. The Kier molecular flexibility index (Phi) is 4.59. The predicted octanol–water partition coefficient (Wildman–Crippen LogP) is 2.38. The van der Waals surface area contributed by atoms with Crippen LogP contribution in [0.25, 0.3) is 0 Å². The molecular formula is C16H24N2O. The molecule has 1 aliphatic rings. The van der Waals surface area contributed by atoms with E-state index in [2.05, 4.69) is 42.2 Å². The molecule has 1 heterocycles. The Balaban J connectivity index is 2.04. The van der Waals surface area contributed by atoms with Gasteiger partial charge in [-0.25, -0.2) is 0 Å². The monoisotopic (exact) mass is 260 g/mol. The van der Waals surface area contributed by atoms with Crippen molar-refractivity contribution < 1.29 is 4.79 Å². The Morgan fingerprint density at radius 1 is 1.42 bits per heavy atom. The lowest BCUT2D eigenvalue weighted by atomic mass is 9.81. The minimum atomic E-state index is -0.187. The molecule has 2 rings (SSSR count). The zero-order valence-electron chi connectivity index (χ0n) is 11.9. The molecule has 0 spiro atoms. The van der Waals surface area contributed by atoms with Crippen molar-refractivity contribution >= 4 is 5.91 Å². The van der Waals surface area contributed by atoms with Crippen LogP contribution in [0, 0.1) is 5.92 Å². The Hall–Kier alpha value is -1.35. The fraction of sp³-hybridized carbons (Fsp3) is 0.562. The number of nitrogens with two attached hydrogens (primary N) is 1. The maximum Gasteiger partial charge on any atom is 0.234 e. The summed E-state index contributed by atoms with van der Waals surface area (Å²) in [7, 11) is 0. The van der Waals surface area contributed by atoms with Gasteiger partial charge in [0.15, 0.2) is 0 Å². The lowest BCUT2D eigenvalue weighted by molar-refractivity contribution is -0.124. The number of nitrogens with zero attached hydrogens (tertiary/aromatic N) is 1. The molecule has 1 aromatic carbocycles. The Bertz CT molecular complexity index is 418. The highest BCUT2D eigenvalue weighted by Gasteiger charge is 2.32. The molecule has 0 bridgehead atoms. The van der Waals surface area contributed by atoms with Crippen LogP contribution in [0.5, 0.6) is 0 Å². The van der Waals surface area contributed by atoms with Gasteiger partial charge in [0.2, 0.25) is 5.91 Å². The number of likely N-dealkylation sites (tertiary alicyclic amines) is 1. The topological polar surface area (TPSA) is 46.3 Å². The fourth-order valence-electron chi connectivity index (χ4n) is 3.30. The average molecular weight is 260 g/mol. The van der Waals surface area contributed by atoms with Gasteiger partial charge < -0.3 is 5.73 Å². The molecule has 3 heteroatoms. The zero-order chi connectivity index (χ0) is 13.8. The number of piperidine rings is 1. The summed E-state index contributed by atoms with van der Waals surface area (Å²) in [4.78, 5) is 13.7. The number of hydrogen-bond acceptors (Lipinski definition) is 2. The largest absolute Gasteiger partial charge is 0.368 e. The van der Waals surface area contributed by atoms with Crippen LogP contribution in [0.4, 0.5) is 0 Å². The molecule has 1 amide bonds. The standard InChI is InChI=1S/C16H24N2O/c1-3-15(16(17)19)18-10-9-14(12(2)11-18)13-7-5-4-6-8-13/h4-8,12,14-15H,3,9-11H2,1-2H3,(H2,17,19). The number of rotatable bonds is 4. The molecule has 3 unspecified atom stereocenters. The van der Waals surface area contributed by atoms with Crippen molar-refractivity contribution in [3.8, 4) is 0 Å². The van der Waals surface area contributed by atoms with Crippen molar-refractivity contribution in [1.29, 1.82) is 0 Å². The molecule has 3 nitrogen and oxygen atoms in total. The van der Waals surface area contributed by atoms with Gasteiger partial charge in [-0.1, -0.05) is 44.2 Å². The van der Waals surface area contributed by atoms with Crippen molar-refractivity contribution in [2.45, 2.75) is 38.6 Å². The van der Waals surface area contributed by atoms with Gasteiger partial charge >= 0.3 is 0 Å². The number of benzene rings is 1. The fourth-order valence-corrected chi connectivity index (χ4v) is 3.30. The molecule has 0 radical (unpaired) electrons. The number of hydrogen-bond donors (Lipinski definition) is 1. The summed E-state index contributed by atoms with van der Waals surface area (Å²) in [5, 5.41) is 0. The Morgan fingerprint density at radius 3 is 2.63 bits per heavy atom. The summed E-state index contributed by atoms with van der Waals surface area (Å²) < 4.78 is 0. The van der Waals surface area contributed by atoms with Gasteiger partial charge in [-0.2, -0.15) is 0 Å². The SMILES string of the molecule is CCC(C(N)=O)N1CCC(c2ccccc2)C(C)C1. The third-order valence-electron chi connectivity index (χ3n) is 4.32. The number of carbonyl (C=O) groups excluding carboxylic acids is 1. The Morgan fingerprint density at radius 2 is 2.11 bits per heavy atom. The van der Waals surface area contributed by atoms with Gasteiger partial charge in [-0.3, -0.25) is 9.69 Å². The van der Waals surface area contributed by atoms with Crippen molar-refractivity contribution in [2.24, 2.45) is 11.7 Å². The van der Waals surface area contributed by atoms with Crippen LogP contribution < -0.4 is 5.73 Å². The molecule has 19 heavy (non-hydrogen) atoms. The second-order valence-corrected chi connectivity index (χ2v) is 5.60. The number of carbonyl (C=O) groups is 1. The van der Waals surface area contributed by atoms with Gasteiger partial charge in [0.25, 0.3) is 0 Å². The highest BCUT2D eigenvalue weighted by molar-refractivity contribution is 5.79. The van der Waals surface area contributed by atoms with Crippen LogP contribution >= 0.6 is 0 Å². The van der Waals surface area contributed by atoms with E-state index in [0.29, 0.717) is 11.8 Å². The normalized spacial score (nSPS) is 26.0. The smallest absolute Gasteiger partial charge is 0.234 e. The van der Waals surface area contributed by atoms with E-state index in [4.69, 9.17) is 5.73 Å². The van der Waals surface area contributed by atoms with E-state index in [1.807, 2.05) is 6.92 Å². The molecule has 2 N–H and O–H groups in total. The summed E-state index contributed by atoms with van der Waals surface area (Å²) in [6, 6.07) is 10.6. The van der Waals surface area contributed by atoms with Gasteiger partial charge in [0.05, 0.1) is 6.04 Å². The molecule has 3 atom stereocenters. The number of primary amides is 1. The third kappa shape index (κ3) is 3.16. The van der Waals surface area contributed by atoms with Crippen molar-refractivity contribution in [3.05, 3.63) is 35.9 Å². The molecule has 0 aliphatic carbocycles. The first-order valence-electron chi connectivity index (χ1n) is 7.21. The van der Waals surface area contributed by atoms with E-state index < -0.39 is 0 Å². The first-order valence-corrected chi connectivity index (χ1v) is 7.21. The quantitative estimate of drug-likeness (QED) is 0.903. The molecular weight excluding hydrogens is 236 g/mol. The molecule has 0 saturated carbocycles. The van der Waals surface area contributed by atoms with E-state index >= 15 is 0 Å². The van der Waals surface area contributed by atoms with E-state index in [1.54, 1.807) is 0 Å².